The second-order valence-corrected chi connectivity index (χ2v) is 9.54. The van der Waals surface area contributed by atoms with Gasteiger partial charge in [0, 0.05) is 4.83 Å². The second-order valence-electron chi connectivity index (χ2n) is 8.43. The van der Waals surface area contributed by atoms with E-state index in [2.05, 4.69) is 88.7 Å². The molecule has 120 valence electrons. The summed E-state index contributed by atoms with van der Waals surface area (Å²) in [5.74, 6) is 0.737. The standard InChI is InChI=1S/C20H33Br/c1-8-20(6,7)17-11-9-16(10-12-17)18(21)13-15(2)14-19(3,4)5/h9-12,15,18H,8,13-14H2,1-7H3. The van der Waals surface area contributed by atoms with Crippen LogP contribution in [0.2, 0.25) is 0 Å². The Morgan fingerprint density at radius 1 is 1.00 bits per heavy atom. The van der Waals surface area contributed by atoms with E-state index < -0.39 is 0 Å². The van der Waals surface area contributed by atoms with Crippen molar-refractivity contribution in [2.24, 2.45) is 11.3 Å². The van der Waals surface area contributed by atoms with Crippen LogP contribution < -0.4 is 0 Å². The molecule has 0 amide bonds. The number of hydrogen-bond acceptors (Lipinski definition) is 0. The van der Waals surface area contributed by atoms with Crippen molar-refractivity contribution in [2.75, 3.05) is 0 Å². The molecular weight excluding hydrogens is 320 g/mol. The lowest BCUT2D eigenvalue weighted by Gasteiger charge is -2.26. The highest BCUT2D eigenvalue weighted by Gasteiger charge is 2.20. The maximum atomic E-state index is 3.89. The first-order chi connectivity index (χ1) is 9.55. The molecule has 1 aromatic rings. The zero-order valence-corrected chi connectivity index (χ0v) is 16.5. The fourth-order valence-electron chi connectivity index (χ4n) is 2.97. The molecule has 0 heterocycles. The largest absolute Gasteiger partial charge is 0.0839 e. The molecule has 1 rings (SSSR count). The van der Waals surface area contributed by atoms with Crippen molar-refractivity contribution in [3.05, 3.63) is 35.4 Å². The van der Waals surface area contributed by atoms with Gasteiger partial charge in [0.2, 0.25) is 0 Å². The van der Waals surface area contributed by atoms with E-state index in [1.807, 2.05) is 0 Å². The molecule has 1 aromatic carbocycles. The van der Waals surface area contributed by atoms with Crippen LogP contribution in [-0.4, -0.2) is 0 Å². The molecule has 0 bridgehead atoms. The van der Waals surface area contributed by atoms with Crippen molar-refractivity contribution in [1.29, 1.82) is 0 Å². The first kappa shape index (κ1) is 18.7. The summed E-state index contributed by atoms with van der Waals surface area (Å²) in [6.07, 6.45) is 3.65. The van der Waals surface area contributed by atoms with E-state index in [-0.39, 0.29) is 5.41 Å². The van der Waals surface area contributed by atoms with Crippen LogP contribution in [0.3, 0.4) is 0 Å². The second kappa shape index (κ2) is 7.31. The highest BCUT2D eigenvalue weighted by Crippen LogP contribution is 2.36. The van der Waals surface area contributed by atoms with Gasteiger partial charge >= 0.3 is 0 Å². The number of rotatable bonds is 6. The third-order valence-electron chi connectivity index (χ3n) is 4.51. The summed E-state index contributed by atoms with van der Waals surface area (Å²) in [4.78, 5) is 0.466. The Labute approximate surface area is 140 Å². The Kier molecular flexibility index (Phi) is 6.53. The van der Waals surface area contributed by atoms with Gasteiger partial charge < -0.3 is 0 Å². The fraction of sp³-hybridized carbons (Fsp3) is 0.700. The summed E-state index contributed by atoms with van der Waals surface area (Å²) >= 11 is 3.89. The Balaban J connectivity index is 2.69. The van der Waals surface area contributed by atoms with Crippen LogP contribution >= 0.6 is 15.9 Å². The molecule has 2 atom stereocenters. The van der Waals surface area contributed by atoms with E-state index in [9.17, 15) is 0 Å². The van der Waals surface area contributed by atoms with Crippen molar-refractivity contribution in [2.45, 2.75) is 78.0 Å². The van der Waals surface area contributed by atoms with Crippen LogP contribution in [0.4, 0.5) is 0 Å². The zero-order valence-electron chi connectivity index (χ0n) is 15.0. The lowest BCUT2D eigenvalue weighted by Crippen LogP contribution is -2.15. The maximum Gasteiger partial charge on any atom is 0.0397 e. The molecule has 0 fully saturated rings. The summed E-state index contributed by atoms with van der Waals surface area (Å²) < 4.78 is 0. The van der Waals surface area contributed by atoms with Crippen molar-refractivity contribution in [3.8, 4) is 0 Å². The van der Waals surface area contributed by atoms with Crippen LogP contribution in [0.25, 0.3) is 0 Å². The number of benzene rings is 1. The fourth-order valence-corrected chi connectivity index (χ4v) is 3.91. The highest BCUT2D eigenvalue weighted by molar-refractivity contribution is 9.09. The first-order valence-corrected chi connectivity index (χ1v) is 9.21. The maximum absolute atomic E-state index is 3.89. The van der Waals surface area contributed by atoms with Gasteiger partial charge in [-0.25, -0.2) is 0 Å². The molecule has 0 aliphatic heterocycles. The molecule has 21 heavy (non-hydrogen) atoms. The zero-order chi connectivity index (χ0) is 16.3. The Morgan fingerprint density at radius 3 is 1.95 bits per heavy atom. The van der Waals surface area contributed by atoms with E-state index in [4.69, 9.17) is 0 Å². The van der Waals surface area contributed by atoms with Gasteiger partial charge in [-0.3, -0.25) is 0 Å². The monoisotopic (exact) mass is 352 g/mol. The normalized spacial score (nSPS) is 15.8. The van der Waals surface area contributed by atoms with Crippen LogP contribution in [0.1, 0.15) is 83.7 Å². The van der Waals surface area contributed by atoms with Gasteiger partial charge in [0.25, 0.3) is 0 Å². The predicted molar refractivity (Wildman–Crippen MR) is 99.3 cm³/mol. The average molecular weight is 353 g/mol. The SMILES string of the molecule is CCC(C)(C)c1ccc(C(Br)CC(C)CC(C)(C)C)cc1. The molecule has 1 heteroatoms. The van der Waals surface area contributed by atoms with E-state index in [0.717, 1.165) is 5.92 Å². The third kappa shape index (κ3) is 6.14. The van der Waals surface area contributed by atoms with Crippen molar-refractivity contribution in [3.63, 3.8) is 0 Å². The average Bonchev–Trinajstić information content (AvgIpc) is 2.36. The molecule has 0 aliphatic carbocycles. The molecule has 0 N–H and O–H groups in total. The van der Waals surface area contributed by atoms with Gasteiger partial charge in [-0.15, -0.1) is 0 Å². The lowest BCUT2D eigenvalue weighted by atomic mass is 9.81. The molecule has 0 aromatic heterocycles. The molecule has 0 aliphatic rings. The van der Waals surface area contributed by atoms with Crippen LogP contribution in [0.15, 0.2) is 24.3 Å². The topological polar surface area (TPSA) is 0 Å². The van der Waals surface area contributed by atoms with Crippen molar-refractivity contribution < 1.29 is 0 Å². The van der Waals surface area contributed by atoms with Gasteiger partial charge in [-0.05, 0) is 47.1 Å². The molecule has 2 unspecified atom stereocenters. The van der Waals surface area contributed by atoms with E-state index >= 15 is 0 Å². The Morgan fingerprint density at radius 2 is 1.52 bits per heavy atom. The summed E-state index contributed by atoms with van der Waals surface area (Å²) in [5, 5.41) is 0. The van der Waals surface area contributed by atoms with Gasteiger partial charge in [-0.1, -0.05) is 88.7 Å². The van der Waals surface area contributed by atoms with Crippen molar-refractivity contribution in [1.82, 2.24) is 0 Å². The minimum absolute atomic E-state index is 0.278. The summed E-state index contributed by atoms with van der Waals surface area (Å²) in [6.45, 7) is 16.2. The van der Waals surface area contributed by atoms with Crippen LogP contribution in [0.5, 0.6) is 0 Å². The van der Waals surface area contributed by atoms with E-state index in [0.29, 0.717) is 10.2 Å². The quantitative estimate of drug-likeness (QED) is 0.472. The van der Waals surface area contributed by atoms with Gasteiger partial charge in [0.1, 0.15) is 0 Å². The Hall–Kier alpha value is -0.300. The van der Waals surface area contributed by atoms with E-state index in [1.54, 1.807) is 0 Å². The molecule has 0 spiro atoms. The van der Waals surface area contributed by atoms with Gasteiger partial charge in [-0.2, -0.15) is 0 Å². The molecular formula is C20H33Br. The summed E-state index contributed by atoms with van der Waals surface area (Å²) in [7, 11) is 0. The van der Waals surface area contributed by atoms with Crippen LogP contribution in [0, 0.1) is 11.3 Å². The lowest BCUT2D eigenvalue weighted by molar-refractivity contribution is 0.296. The highest BCUT2D eigenvalue weighted by atomic mass is 79.9. The van der Waals surface area contributed by atoms with Gasteiger partial charge in [0.05, 0.1) is 0 Å². The number of hydrogen-bond donors (Lipinski definition) is 0. The summed E-state index contributed by atoms with van der Waals surface area (Å²) in [5.41, 5.74) is 3.55. The van der Waals surface area contributed by atoms with E-state index in [1.165, 1.54) is 30.4 Å². The molecule has 0 nitrogen and oxygen atoms in total. The first-order valence-electron chi connectivity index (χ1n) is 8.29. The number of alkyl halides is 1. The predicted octanol–water partition coefficient (Wildman–Crippen LogP) is 7.27. The summed E-state index contributed by atoms with van der Waals surface area (Å²) in [6, 6.07) is 9.22. The number of halogens is 1. The minimum Gasteiger partial charge on any atom is -0.0839 e. The Bertz CT molecular complexity index is 422. The van der Waals surface area contributed by atoms with Crippen LogP contribution in [-0.2, 0) is 5.41 Å². The smallest absolute Gasteiger partial charge is 0.0397 e. The van der Waals surface area contributed by atoms with Gasteiger partial charge in [0.15, 0.2) is 0 Å². The third-order valence-corrected chi connectivity index (χ3v) is 5.41. The minimum atomic E-state index is 0.278. The molecule has 0 radical (unpaired) electrons. The molecule has 0 saturated heterocycles. The molecule has 0 saturated carbocycles. The van der Waals surface area contributed by atoms with Crippen molar-refractivity contribution >= 4 is 15.9 Å².